The summed E-state index contributed by atoms with van der Waals surface area (Å²) >= 11 is 0. The molecule has 1 heterocycles. The molecule has 0 saturated heterocycles. The van der Waals surface area contributed by atoms with E-state index < -0.39 is 0 Å². The molecule has 0 aliphatic heterocycles. The standard InChI is InChI=1S/C9H15N3/c1-7(2)12-6-5-9(11-12)8(3)10-4/h5-7,10H,3H2,1-2,4H3. The number of hydrogen-bond donors (Lipinski definition) is 1. The van der Waals surface area contributed by atoms with E-state index in [9.17, 15) is 0 Å². The first kappa shape index (κ1) is 8.84. The molecule has 66 valence electrons. The fraction of sp³-hybridized carbons (Fsp3) is 0.444. The zero-order chi connectivity index (χ0) is 9.14. The van der Waals surface area contributed by atoms with Gasteiger partial charge in [-0.2, -0.15) is 5.10 Å². The Morgan fingerprint density at radius 1 is 1.67 bits per heavy atom. The van der Waals surface area contributed by atoms with Crippen molar-refractivity contribution in [2.45, 2.75) is 19.9 Å². The lowest BCUT2D eigenvalue weighted by atomic mass is 10.3. The average Bonchev–Trinajstić information content (AvgIpc) is 2.51. The highest BCUT2D eigenvalue weighted by Gasteiger charge is 2.02. The van der Waals surface area contributed by atoms with Crippen LogP contribution < -0.4 is 5.32 Å². The first-order chi connectivity index (χ1) is 5.65. The van der Waals surface area contributed by atoms with Gasteiger partial charge in [0.25, 0.3) is 0 Å². The molecule has 1 rings (SSSR count). The second-order valence-electron chi connectivity index (χ2n) is 3.00. The van der Waals surface area contributed by atoms with E-state index in [1.54, 1.807) is 0 Å². The number of nitrogens with zero attached hydrogens (tertiary/aromatic N) is 2. The third kappa shape index (κ3) is 1.67. The summed E-state index contributed by atoms with van der Waals surface area (Å²) in [5.74, 6) is 0. The van der Waals surface area contributed by atoms with Crippen LogP contribution in [0, 0.1) is 0 Å². The SMILES string of the molecule is C=C(NC)c1ccn(C(C)C)n1. The molecular formula is C9H15N3. The summed E-state index contributed by atoms with van der Waals surface area (Å²) < 4.78 is 1.91. The molecule has 1 aromatic heterocycles. The molecule has 1 N–H and O–H groups in total. The molecule has 0 aliphatic carbocycles. The molecule has 0 saturated carbocycles. The van der Waals surface area contributed by atoms with Crippen molar-refractivity contribution in [3.63, 3.8) is 0 Å². The van der Waals surface area contributed by atoms with Gasteiger partial charge in [-0.05, 0) is 19.9 Å². The Morgan fingerprint density at radius 3 is 2.75 bits per heavy atom. The second kappa shape index (κ2) is 3.43. The third-order valence-electron chi connectivity index (χ3n) is 1.75. The third-order valence-corrected chi connectivity index (χ3v) is 1.75. The van der Waals surface area contributed by atoms with Gasteiger partial charge in [0.15, 0.2) is 0 Å². The predicted octanol–water partition coefficient (Wildman–Crippen LogP) is 1.65. The zero-order valence-electron chi connectivity index (χ0n) is 7.83. The molecule has 12 heavy (non-hydrogen) atoms. The van der Waals surface area contributed by atoms with Gasteiger partial charge in [-0.3, -0.25) is 4.68 Å². The molecule has 0 spiro atoms. The number of nitrogens with one attached hydrogen (secondary N) is 1. The molecule has 0 aliphatic rings. The van der Waals surface area contributed by atoms with Crippen molar-refractivity contribution in [2.75, 3.05) is 7.05 Å². The minimum Gasteiger partial charge on any atom is -0.387 e. The molecule has 0 radical (unpaired) electrons. The normalized spacial score (nSPS) is 10.3. The van der Waals surface area contributed by atoms with Crippen molar-refractivity contribution >= 4 is 5.70 Å². The van der Waals surface area contributed by atoms with Gasteiger partial charge in [-0.1, -0.05) is 6.58 Å². The first-order valence-corrected chi connectivity index (χ1v) is 4.07. The van der Waals surface area contributed by atoms with Gasteiger partial charge in [0.1, 0.15) is 5.69 Å². The maximum atomic E-state index is 4.34. The van der Waals surface area contributed by atoms with Crippen LogP contribution in [-0.2, 0) is 0 Å². The van der Waals surface area contributed by atoms with Gasteiger partial charge in [0, 0.05) is 19.3 Å². The van der Waals surface area contributed by atoms with Gasteiger partial charge in [0.05, 0.1) is 5.70 Å². The lowest BCUT2D eigenvalue weighted by Crippen LogP contribution is -2.06. The van der Waals surface area contributed by atoms with E-state index in [0.717, 1.165) is 11.4 Å². The van der Waals surface area contributed by atoms with E-state index in [-0.39, 0.29) is 0 Å². The van der Waals surface area contributed by atoms with Crippen LogP contribution in [0.15, 0.2) is 18.8 Å². The molecule has 3 heteroatoms. The highest BCUT2D eigenvalue weighted by atomic mass is 15.3. The van der Waals surface area contributed by atoms with Crippen LogP contribution in [0.2, 0.25) is 0 Å². The summed E-state index contributed by atoms with van der Waals surface area (Å²) in [6, 6.07) is 2.36. The average molecular weight is 165 g/mol. The topological polar surface area (TPSA) is 29.9 Å². The molecular weight excluding hydrogens is 150 g/mol. The Labute approximate surface area is 73.1 Å². The lowest BCUT2D eigenvalue weighted by Gasteiger charge is -2.04. The van der Waals surface area contributed by atoms with Crippen molar-refractivity contribution in [3.8, 4) is 0 Å². The Hall–Kier alpha value is -1.25. The Kier molecular flexibility index (Phi) is 2.53. The van der Waals surface area contributed by atoms with Crippen LogP contribution in [0.25, 0.3) is 5.70 Å². The summed E-state index contributed by atoms with van der Waals surface area (Å²) in [6.07, 6.45) is 1.96. The minimum absolute atomic E-state index is 0.406. The van der Waals surface area contributed by atoms with E-state index in [1.807, 2.05) is 24.0 Å². The molecule has 0 bridgehead atoms. The van der Waals surface area contributed by atoms with E-state index in [0.29, 0.717) is 6.04 Å². The molecule has 1 aromatic rings. The van der Waals surface area contributed by atoms with Crippen LogP contribution in [0.3, 0.4) is 0 Å². The van der Waals surface area contributed by atoms with E-state index >= 15 is 0 Å². The fourth-order valence-electron chi connectivity index (χ4n) is 0.915. The smallest absolute Gasteiger partial charge is 0.108 e. The Balaban J connectivity index is 2.84. The van der Waals surface area contributed by atoms with Crippen molar-refractivity contribution in [3.05, 3.63) is 24.5 Å². The molecule has 3 nitrogen and oxygen atoms in total. The van der Waals surface area contributed by atoms with Crippen molar-refractivity contribution in [1.82, 2.24) is 15.1 Å². The van der Waals surface area contributed by atoms with Gasteiger partial charge >= 0.3 is 0 Å². The van der Waals surface area contributed by atoms with E-state index in [2.05, 4.69) is 30.8 Å². The predicted molar refractivity (Wildman–Crippen MR) is 50.7 cm³/mol. The Bertz CT molecular complexity index is 273. The summed E-state index contributed by atoms with van der Waals surface area (Å²) in [5, 5.41) is 7.30. The highest BCUT2D eigenvalue weighted by molar-refractivity contribution is 5.57. The second-order valence-corrected chi connectivity index (χ2v) is 3.00. The van der Waals surface area contributed by atoms with Gasteiger partial charge in [-0.15, -0.1) is 0 Å². The summed E-state index contributed by atoms with van der Waals surface area (Å²) in [7, 11) is 1.84. The van der Waals surface area contributed by atoms with Crippen molar-refractivity contribution in [1.29, 1.82) is 0 Å². The molecule has 0 atom stereocenters. The van der Waals surface area contributed by atoms with Crippen LogP contribution in [0.5, 0.6) is 0 Å². The van der Waals surface area contributed by atoms with Gasteiger partial charge in [-0.25, -0.2) is 0 Å². The van der Waals surface area contributed by atoms with Gasteiger partial charge in [0.2, 0.25) is 0 Å². The highest BCUT2D eigenvalue weighted by Crippen LogP contribution is 2.08. The van der Waals surface area contributed by atoms with Crippen LogP contribution in [0.1, 0.15) is 25.6 Å². The lowest BCUT2D eigenvalue weighted by molar-refractivity contribution is 0.531. The molecule has 0 fully saturated rings. The maximum absolute atomic E-state index is 4.34. The Morgan fingerprint density at radius 2 is 2.33 bits per heavy atom. The first-order valence-electron chi connectivity index (χ1n) is 4.07. The molecule has 0 unspecified atom stereocenters. The fourth-order valence-corrected chi connectivity index (χ4v) is 0.915. The van der Waals surface area contributed by atoms with Crippen molar-refractivity contribution in [2.24, 2.45) is 0 Å². The van der Waals surface area contributed by atoms with E-state index in [4.69, 9.17) is 0 Å². The van der Waals surface area contributed by atoms with Crippen LogP contribution in [0.4, 0.5) is 0 Å². The number of rotatable bonds is 3. The number of hydrogen-bond acceptors (Lipinski definition) is 2. The van der Waals surface area contributed by atoms with Crippen molar-refractivity contribution < 1.29 is 0 Å². The zero-order valence-corrected chi connectivity index (χ0v) is 7.83. The number of aromatic nitrogens is 2. The molecule has 0 aromatic carbocycles. The van der Waals surface area contributed by atoms with E-state index in [1.165, 1.54) is 0 Å². The largest absolute Gasteiger partial charge is 0.387 e. The van der Waals surface area contributed by atoms with Gasteiger partial charge < -0.3 is 5.32 Å². The minimum atomic E-state index is 0.406. The summed E-state index contributed by atoms with van der Waals surface area (Å²) in [6.45, 7) is 8.02. The monoisotopic (exact) mass is 165 g/mol. The van der Waals surface area contributed by atoms with Crippen LogP contribution in [-0.4, -0.2) is 16.8 Å². The quantitative estimate of drug-likeness (QED) is 0.738. The maximum Gasteiger partial charge on any atom is 0.108 e. The summed E-state index contributed by atoms with van der Waals surface area (Å²) in [5.41, 5.74) is 1.76. The molecule has 0 amide bonds. The van der Waals surface area contributed by atoms with Crippen LogP contribution >= 0.6 is 0 Å². The summed E-state index contributed by atoms with van der Waals surface area (Å²) in [4.78, 5) is 0.